The lowest BCUT2D eigenvalue weighted by Gasteiger charge is -1.98. The Morgan fingerprint density at radius 2 is 1.95 bits per heavy atom. The number of furan rings is 1. The van der Waals surface area contributed by atoms with Gasteiger partial charge >= 0.3 is 0 Å². The van der Waals surface area contributed by atoms with Gasteiger partial charge in [-0.15, -0.1) is 0 Å². The molecule has 2 heterocycles. The minimum atomic E-state index is 0.696. The van der Waals surface area contributed by atoms with E-state index in [4.69, 9.17) is 8.83 Å². The molecule has 2 aromatic heterocycles. The molecule has 19 heavy (non-hydrogen) atoms. The summed E-state index contributed by atoms with van der Waals surface area (Å²) >= 11 is 0. The van der Waals surface area contributed by atoms with Crippen LogP contribution in [0, 0.1) is 6.92 Å². The molecule has 0 amide bonds. The van der Waals surface area contributed by atoms with E-state index >= 15 is 0 Å². The van der Waals surface area contributed by atoms with Gasteiger partial charge in [-0.2, -0.15) is 0 Å². The molecule has 4 heteroatoms. The van der Waals surface area contributed by atoms with Crippen molar-refractivity contribution in [2.24, 2.45) is 0 Å². The zero-order chi connectivity index (χ0) is 13.2. The van der Waals surface area contributed by atoms with Gasteiger partial charge in [-0.25, -0.2) is 4.98 Å². The molecule has 4 nitrogen and oxygen atoms in total. The first-order valence-corrected chi connectivity index (χ1v) is 6.33. The summed E-state index contributed by atoms with van der Waals surface area (Å²) in [6.45, 7) is 2.61. The van der Waals surface area contributed by atoms with Crippen molar-refractivity contribution in [3.63, 3.8) is 0 Å². The fourth-order valence-electron chi connectivity index (χ4n) is 2.18. The fraction of sp³-hybridized carbons (Fsp3) is 0.267. The van der Waals surface area contributed by atoms with Crippen molar-refractivity contribution in [1.29, 1.82) is 0 Å². The third-order valence-corrected chi connectivity index (χ3v) is 3.01. The second-order valence-corrected chi connectivity index (χ2v) is 4.61. The molecule has 0 atom stereocenters. The van der Waals surface area contributed by atoms with Crippen LogP contribution in [0.15, 0.2) is 39.2 Å². The van der Waals surface area contributed by atoms with Gasteiger partial charge in [-0.1, -0.05) is 6.07 Å². The maximum Gasteiger partial charge on any atom is 0.192 e. The lowest BCUT2D eigenvalue weighted by atomic mass is 10.1. The van der Waals surface area contributed by atoms with Gasteiger partial charge in [0.05, 0.1) is 6.54 Å². The Bertz CT molecular complexity index is 697. The highest BCUT2D eigenvalue weighted by Gasteiger charge is 2.06. The molecule has 0 aliphatic carbocycles. The Kier molecular flexibility index (Phi) is 3.09. The Morgan fingerprint density at radius 3 is 2.79 bits per heavy atom. The molecule has 0 bridgehead atoms. The Balaban J connectivity index is 1.83. The van der Waals surface area contributed by atoms with Crippen LogP contribution in [0.5, 0.6) is 0 Å². The van der Waals surface area contributed by atoms with E-state index in [0.29, 0.717) is 5.89 Å². The van der Waals surface area contributed by atoms with Crippen molar-refractivity contribution in [2.75, 3.05) is 7.05 Å². The van der Waals surface area contributed by atoms with E-state index in [9.17, 15) is 0 Å². The number of benzene rings is 1. The summed E-state index contributed by atoms with van der Waals surface area (Å²) in [7, 11) is 1.91. The van der Waals surface area contributed by atoms with Gasteiger partial charge < -0.3 is 14.2 Å². The first-order valence-electron chi connectivity index (χ1n) is 6.33. The zero-order valence-electron chi connectivity index (χ0n) is 11.1. The van der Waals surface area contributed by atoms with E-state index in [1.807, 2.05) is 38.2 Å². The van der Waals surface area contributed by atoms with Crippen LogP contribution >= 0.6 is 0 Å². The monoisotopic (exact) mass is 256 g/mol. The fourth-order valence-corrected chi connectivity index (χ4v) is 2.18. The Hall–Kier alpha value is -2.07. The smallest absolute Gasteiger partial charge is 0.192 e. The summed E-state index contributed by atoms with van der Waals surface area (Å²) < 4.78 is 11.3. The largest absolute Gasteiger partial charge is 0.464 e. The van der Waals surface area contributed by atoms with Crippen LogP contribution < -0.4 is 5.32 Å². The number of aromatic nitrogens is 1. The maximum absolute atomic E-state index is 5.74. The van der Waals surface area contributed by atoms with Crippen LogP contribution in [0.3, 0.4) is 0 Å². The summed E-state index contributed by atoms with van der Waals surface area (Å²) in [5, 5.41) is 3.07. The number of rotatable bonds is 4. The van der Waals surface area contributed by atoms with Crippen molar-refractivity contribution in [3.8, 4) is 0 Å². The molecule has 1 aromatic carbocycles. The van der Waals surface area contributed by atoms with Gasteiger partial charge in [-0.3, -0.25) is 0 Å². The lowest BCUT2D eigenvalue weighted by molar-refractivity contribution is 0.462. The van der Waals surface area contributed by atoms with Crippen molar-refractivity contribution in [1.82, 2.24) is 10.3 Å². The Labute approximate surface area is 111 Å². The molecule has 3 rings (SSSR count). The molecule has 0 saturated heterocycles. The molecule has 0 fully saturated rings. The van der Waals surface area contributed by atoms with Crippen LogP contribution in [0.2, 0.25) is 0 Å². The Morgan fingerprint density at radius 1 is 1.11 bits per heavy atom. The highest BCUT2D eigenvalue weighted by atomic mass is 16.3. The van der Waals surface area contributed by atoms with Gasteiger partial charge in [0.2, 0.25) is 0 Å². The highest BCUT2D eigenvalue weighted by molar-refractivity contribution is 5.73. The molecule has 0 aliphatic rings. The standard InChI is InChI=1S/C15H16N2O2/c1-10-17-14-6-3-11(8-15(14)18-10)7-12-4-5-13(19-12)9-16-2/h3-6,8,16H,7,9H2,1-2H3. The summed E-state index contributed by atoms with van der Waals surface area (Å²) in [5.41, 5.74) is 2.89. The molecular formula is C15H16N2O2. The lowest BCUT2D eigenvalue weighted by Crippen LogP contribution is -2.03. The molecule has 0 unspecified atom stereocenters. The first kappa shape index (κ1) is 12.0. The quantitative estimate of drug-likeness (QED) is 0.779. The van der Waals surface area contributed by atoms with Crippen LogP contribution in [0.1, 0.15) is 23.0 Å². The van der Waals surface area contributed by atoms with Gasteiger partial charge in [0, 0.05) is 13.3 Å². The van der Waals surface area contributed by atoms with Gasteiger partial charge in [0.25, 0.3) is 0 Å². The number of hydrogen-bond donors (Lipinski definition) is 1. The minimum Gasteiger partial charge on any atom is -0.464 e. The third kappa shape index (κ3) is 2.53. The highest BCUT2D eigenvalue weighted by Crippen LogP contribution is 2.19. The number of aryl methyl sites for hydroxylation is 1. The molecule has 1 N–H and O–H groups in total. The van der Waals surface area contributed by atoms with Crippen LogP contribution in [0.25, 0.3) is 11.1 Å². The van der Waals surface area contributed by atoms with E-state index in [-0.39, 0.29) is 0 Å². The second kappa shape index (κ2) is 4.90. The molecule has 0 aliphatic heterocycles. The number of fused-ring (bicyclic) bond motifs is 1. The van der Waals surface area contributed by atoms with Gasteiger partial charge in [-0.05, 0) is 36.9 Å². The topological polar surface area (TPSA) is 51.2 Å². The molecular weight excluding hydrogens is 240 g/mol. The number of oxazole rings is 1. The zero-order valence-corrected chi connectivity index (χ0v) is 11.1. The van der Waals surface area contributed by atoms with Crippen molar-refractivity contribution in [3.05, 3.63) is 53.3 Å². The van der Waals surface area contributed by atoms with E-state index in [1.54, 1.807) is 0 Å². The summed E-state index contributed by atoms with van der Waals surface area (Å²) in [6.07, 6.45) is 0.763. The summed E-state index contributed by atoms with van der Waals surface area (Å²) in [6, 6.07) is 10.1. The average molecular weight is 256 g/mol. The first-order chi connectivity index (χ1) is 9.24. The van der Waals surface area contributed by atoms with Gasteiger partial charge in [0.15, 0.2) is 11.5 Å². The SMILES string of the molecule is CNCc1ccc(Cc2ccc3nc(C)oc3c2)o1. The predicted octanol–water partition coefficient (Wildman–Crippen LogP) is 3.04. The van der Waals surface area contributed by atoms with Gasteiger partial charge in [0.1, 0.15) is 17.0 Å². The van der Waals surface area contributed by atoms with Crippen LogP contribution in [-0.2, 0) is 13.0 Å². The van der Waals surface area contributed by atoms with Crippen LogP contribution in [0.4, 0.5) is 0 Å². The number of nitrogens with one attached hydrogen (secondary N) is 1. The van der Waals surface area contributed by atoms with E-state index < -0.39 is 0 Å². The summed E-state index contributed by atoms with van der Waals surface area (Å²) in [5.74, 6) is 2.61. The predicted molar refractivity (Wildman–Crippen MR) is 73.0 cm³/mol. The maximum atomic E-state index is 5.74. The normalized spacial score (nSPS) is 11.3. The van der Waals surface area contributed by atoms with Crippen molar-refractivity contribution < 1.29 is 8.83 Å². The molecule has 98 valence electrons. The minimum absolute atomic E-state index is 0.696. The van der Waals surface area contributed by atoms with Crippen LogP contribution in [-0.4, -0.2) is 12.0 Å². The van der Waals surface area contributed by atoms with E-state index in [2.05, 4.69) is 16.4 Å². The molecule has 0 radical (unpaired) electrons. The second-order valence-electron chi connectivity index (χ2n) is 4.61. The van der Waals surface area contributed by atoms with E-state index in [0.717, 1.165) is 41.1 Å². The van der Waals surface area contributed by atoms with Crippen molar-refractivity contribution in [2.45, 2.75) is 19.9 Å². The third-order valence-electron chi connectivity index (χ3n) is 3.01. The number of hydrogen-bond acceptors (Lipinski definition) is 4. The number of nitrogens with zero attached hydrogens (tertiary/aromatic N) is 1. The van der Waals surface area contributed by atoms with E-state index in [1.165, 1.54) is 0 Å². The molecule has 0 saturated carbocycles. The molecule has 0 spiro atoms. The van der Waals surface area contributed by atoms with Crippen molar-refractivity contribution >= 4 is 11.1 Å². The molecule has 3 aromatic rings. The average Bonchev–Trinajstić information content (AvgIpc) is 2.95. The summed E-state index contributed by atoms with van der Waals surface area (Å²) in [4.78, 5) is 4.29.